The Morgan fingerprint density at radius 3 is 2.57 bits per heavy atom. The predicted octanol–water partition coefficient (Wildman–Crippen LogP) is 0.330. The van der Waals surface area contributed by atoms with E-state index >= 15 is 0 Å². The zero-order valence-electron chi connectivity index (χ0n) is 12.5. The molecular weight excluding hydrogens is 290 g/mol. The summed E-state index contributed by atoms with van der Waals surface area (Å²) in [7, 11) is -3.60. The van der Waals surface area contributed by atoms with Gasteiger partial charge in [-0.05, 0) is 18.1 Å². The molecule has 0 amide bonds. The molecule has 3 N–H and O–H groups in total. The van der Waals surface area contributed by atoms with Gasteiger partial charge in [0.25, 0.3) is 10.0 Å². The molecule has 21 heavy (non-hydrogen) atoms. The van der Waals surface area contributed by atoms with E-state index in [0.717, 1.165) is 19.6 Å². The van der Waals surface area contributed by atoms with E-state index in [-0.39, 0.29) is 5.03 Å². The Kier molecular flexibility index (Phi) is 5.15. The monoisotopic (exact) mass is 313 g/mol. The first-order valence-corrected chi connectivity index (χ1v) is 8.53. The summed E-state index contributed by atoms with van der Waals surface area (Å²) in [4.78, 5) is 6.27. The van der Waals surface area contributed by atoms with Gasteiger partial charge in [0.1, 0.15) is 0 Å². The van der Waals surface area contributed by atoms with Crippen molar-refractivity contribution in [2.24, 2.45) is 11.8 Å². The number of hydrazine groups is 1. The standard InChI is InChI=1S/C13H23N5O2S/c1-11(2)10-17-6-8-18(9-7-17)21(19,20)13-12(16-14)4-3-5-15-13/h3-5,11,16H,6-10,14H2,1-2H3. The zero-order chi connectivity index (χ0) is 15.5. The molecule has 1 fully saturated rings. The number of rotatable bonds is 5. The van der Waals surface area contributed by atoms with Crippen LogP contribution >= 0.6 is 0 Å². The van der Waals surface area contributed by atoms with Gasteiger partial charge >= 0.3 is 0 Å². The summed E-state index contributed by atoms with van der Waals surface area (Å²) in [5.74, 6) is 5.95. The molecule has 0 saturated carbocycles. The summed E-state index contributed by atoms with van der Waals surface area (Å²) >= 11 is 0. The summed E-state index contributed by atoms with van der Waals surface area (Å²) in [6.07, 6.45) is 1.46. The highest BCUT2D eigenvalue weighted by Crippen LogP contribution is 2.22. The number of sulfonamides is 1. The maximum absolute atomic E-state index is 12.6. The molecule has 0 bridgehead atoms. The molecule has 0 unspecified atom stereocenters. The van der Waals surface area contributed by atoms with Crippen molar-refractivity contribution in [3.05, 3.63) is 18.3 Å². The minimum absolute atomic E-state index is 0.00944. The van der Waals surface area contributed by atoms with E-state index in [1.165, 1.54) is 10.5 Å². The van der Waals surface area contributed by atoms with Gasteiger partial charge in [-0.3, -0.25) is 5.84 Å². The molecule has 1 aliphatic heterocycles. The molecule has 118 valence electrons. The second-order valence-electron chi connectivity index (χ2n) is 5.60. The van der Waals surface area contributed by atoms with Crippen molar-refractivity contribution in [3.8, 4) is 0 Å². The van der Waals surface area contributed by atoms with Gasteiger partial charge in [0, 0.05) is 38.9 Å². The molecule has 0 aliphatic carbocycles. The van der Waals surface area contributed by atoms with Crippen LogP contribution in [0.25, 0.3) is 0 Å². The van der Waals surface area contributed by atoms with Gasteiger partial charge in [-0.15, -0.1) is 0 Å². The Morgan fingerprint density at radius 1 is 1.33 bits per heavy atom. The Balaban J connectivity index is 2.11. The fourth-order valence-corrected chi connectivity index (χ4v) is 3.98. The number of nitrogen functional groups attached to an aromatic ring is 1. The maximum atomic E-state index is 12.6. The number of aromatic nitrogens is 1. The largest absolute Gasteiger partial charge is 0.321 e. The zero-order valence-corrected chi connectivity index (χ0v) is 13.3. The third-order valence-corrected chi connectivity index (χ3v) is 5.32. The summed E-state index contributed by atoms with van der Waals surface area (Å²) in [6, 6.07) is 3.25. The van der Waals surface area contributed by atoms with Crippen molar-refractivity contribution < 1.29 is 8.42 Å². The lowest BCUT2D eigenvalue weighted by Gasteiger charge is -2.34. The van der Waals surface area contributed by atoms with Crippen LogP contribution in [0.5, 0.6) is 0 Å². The van der Waals surface area contributed by atoms with E-state index < -0.39 is 10.0 Å². The van der Waals surface area contributed by atoms with Crippen molar-refractivity contribution in [2.45, 2.75) is 18.9 Å². The normalized spacial score (nSPS) is 18.1. The van der Waals surface area contributed by atoms with Crippen molar-refractivity contribution in [2.75, 3.05) is 38.1 Å². The smallest absolute Gasteiger partial charge is 0.262 e. The van der Waals surface area contributed by atoms with E-state index in [0.29, 0.717) is 24.7 Å². The Hall–Kier alpha value is -1.22. The number of nitrogens with one attached hydrogen (secondary N) is 1. The molecular formula is C13H23N5O2S. The van der Waals surface area contributed by atoms with E-state index in [1.807, 2.05) is 0 Å². The quantitative estimate of drug-likeness (QED) is 0.601. The van der Waals surface area contributed by atoms with Crippen molar-refractivity contribution in [1.82, 2.24) is 14.2 Å². The molecule has 1 aromatic heterocycles. The second kappa shape index (κ2) is 6.69. The molecule has 0 spiro atoms. The first kappa shape index (κ1) is 16.2. The number of nitrogens with zero attached hydrogens (tertiary/aromatic N) is 3. The van der Waals surface area contributed by atoms with Crippen LogP contribution in [0, 0.1) is 5.92 Å². The van der Waals surface area contributed by atoms with Crippen molar-refractivity contribution in [1.29, 1.82) is 0 Å². The van der Waals surface area contributed by atoms with Crippen LogP contribution in [0.2, 0.25) is 0 Å². The summed E-state index contributed by atoms with van der Waals surface area (Å²) in [5, 5.41) is -0.00944. The van der Waals surface area contributed by atoms with Gasteiger partial charge < -0.3 is 10.3 Å². The lowest BCUT2D eigenvalue weighted by Crippen LogP contribution is -2.49. The number of piperazine rings is 1. The molecule has 0 atom stereocenters. The van der Waals surface area contributed by atoms with Gasteiger partial charge in [-0.1, -0.05) is 13.8 Å². The molecule has 1 aliphatic rings. The van der Waals surface area contributed by atoms with Crippen LogP contribution in [-0.2, 0) is 10.0 Å². The molecule has 0 aromatic carbocycles. The maximum Gasteiger partial charge on any atom is 0.262 e. The highest BCUT2D eigenvalue weighted by Gasteiger charge is 2.31. The number of hydrogen-bond acceptors (Lipinski definition) is 6. The molecule has 0 radical (unpaired) electrons. The van der Waals surface area contributed by atoms with Gasteiger partial charge in [-0.2, -0.15) is 4.31 Å². The van der Waals surface area contributed by atoms with Crippen LogP contribution in [0.3, 0.4) is 0 Å². The highest BCUT2D eigenvalue weighted by atomic mass is 32.2. The van der Waals surface area contributed by atoms with E-state index in [1.54, 1.807) is 12.1 Å². The topological polar surface area (TPSA) is 91.6 Å². The van der Waals surface area contributed by atoms with Crippen LogP contribution in [-0.4, -0.2) is 55.3 Å². The molecule has 8 heteroatoms. The van der Waals surface area contributed by atoms with Crippen LogP contribution in [0.15, 0.2) is 23.4 Å². The van der Waals surface area contributed by atoms with Gasteiger partial charge in [0.2, 0.25) is 0 Å². The number of pyridine rings is 1. The molecule has 2 rings (SSSR count). The number of hydrogen-bond donors (Lipinski definition) is 2. The Labute approximate surface area is 126 Å². The number of anilines is 1. The van der Waals surface area contributed by atoms with Gasteiger partial charge in [0.05, 0.1) is 5.69 Å². The summed E-state index contributed by atoms with van der Waals surface area (Å²) in [5.41, 5.74) is 2.72. The first-order chi connectivity index (χ1) is 9.95. The minimum Gasteiger partial charge on any atom is -0.321 e. The van der Waals surface area contributed by atoms with E-state index in [4.69, 9.17) is 5.84 Å². The lowest BCUT2D eigenvalue weighted by atomic mass is 10.2. The average molecular weight is 313 g/mol. The van der Waals surface area contributed by atoms with Crippen LogP contribution < -0.4 is 11.3 Å². The van der Waals surface area contributed by atoms with Crippen molar-refractivity contribution in [3.63, 3.8) is 0 Å². The second-order valence-corrected chi connectivity index (χ2v) is 7.45. The summed E-state index contributed by atoms with van der Waals surface area (Å²) < 4.78 is 26.8. The lowest BCUT2D eigenvalue weighted by molar-refractivity contribution is 0.172. The fourth-order valence-electron chi connectivity index (χ4n) is 2.50. The average Bonchev–Trinajstić information content (AvgIpc) is 2.47. The first-order valence-electron chi connectivity index (χ1n) is 7.09. The van der Waals surface area contributed by atoms with Gasteiger partial charge in [0.15, 0.2) is 5.03 Å². The van der Waals surface area contributed by atoms with Crippen LogP contribution in [0.4, 0.5) is 5.69 Å². The Morgan fingerprint density at radius 2 is 2.00 bits per heavy atom. The third kappa shape index (κ3) is 3.70. The third-order valence-electron chi connectivity index (χ3n) is 3.47. The number of nitrogens with two attached hydrogens (primary N) is 1. The molecule has 2 heterocycles. The summed E-state index contributed by atoms with van der Waals surface area (Å²) in [6.45, 7) is 7.77. The predicted molar refractivity (Wildman–Crippen MR) is 82.1 cm³/mol. The Bertz CT molecular complexity index is 568. The molecule has 1 saturated heterocycles. The van der Waals surface area contributed by atoms with E-state index in [2.05, 4.69) is 29.2 Å². The fraction of sp³-hybridized carbons (Fsp3) is 0.615. The van der Waals surface area contributed by atoms with Gasteiger partial charge in [-0.25, -0.2) is 13.4 Å². The van der Waals surface area contributed by atoms with E-state index in [9.17, 15) is 8.42 Å². The van der Waals surface area contributed by atoms with Crippen LogP contribution in [0.1, 0.15) is 13.8 Å². The molecule has 1 aromatic rings. The minimum atomic E-state index is -3.60. The molecule has 7 nitrogen and oxygen atoms in total. The SMILES string of the molecule is CC(C)CN1CCN(S(=O)(=O)c2ncccc2NN)CC1. The highest BCUT2D eigenvalue weighted by molar-refractivity contribution is 7.89. The van der Waals surface area contributed by atoms with Crippen molar-refractivity contribution >= 4 is 15.7 Å².